The van der Waals surface area contributed by atoms with Crippen LogP contribution >= 0.6 is 0 Å². The number of carbonyl (C=O) groups is 2. The highest BCUT2D eigenvalue weighted by atomic mass is 19.1. The molecule has 1 N–H and O–H groups in total. The van der Waals surface area contributed by atoms with E-state index in [-0.39, 0.29) is 17.6 Å². The van der Waals surface area contributed by atoms with Crippen LogP contribution in [0.15, 0.2) is 36.7 Å². The third kappa shape index (κ3) is 6.37. The van der Waals surface area contributed by atoms with Crippen LogP contribution in [0.3, 0.4) is 0 Å². The van der Waals surface area contributed by atoms with E-state index in [1.54, 1.807) is 36.5 Å². The number of carbonyl (C=O) groups excluding carboxylic acids is 2. The summed E-state index contributed by atoms with van der Waals surface area (Å²) in [6.07, 6.45) is 5.79. The Morgan fingerprint density at radius 1 is 1.02 bits per heavy atom. The second-order valence-corrected chi connectivity index (χ2v) is 11.4. The molecule has 0 spiro atoms. The van der Waals surface area contributed by atoms with Crippen molar-refractivity contribution in [1.82, 2.24) is 24.6 Å². The molecule has 0 atom stereocenters. The number of aromatic nitrogens is 4. The summed E-state index contributed by atoms with van der Waals surface area (Å²) >= 11 is 0. The summed E-state index contributed by atoms with van der Waals surface area (Å²) in [5.74, 6) is -0.975. The molecule has 0 unspecified atom stereocenters. The molecule has 12 heteroatoms. The molecule has 222 valence electrons. The van der Waals surface area contributed by atoms with Crippen LogP contribution in [0.5, 0.6) is 6.01 Å². The Kier molecular flexibility index (Phi) is 8.15. The number of benzene rings is 2. The molecular weight excluding hydrogens is 541 g/mol. The van der Waals surface area contributed by atoms with Crippen molar-refractivity contribution in [3.05, 3.63) is 48.0 Å². The highest BCUT2D eigenvalue weighted by Crippen LogP contribution is 2.31. The number of aryl methyl sites for hydroxylation is 1. The van der Waals surface area contributed by atoms with E-state index in [2.05, 4.69) is 25.3 Å². The zero-order valence-corrected chi connectivity index (χ0v) is 24.6. The lowest BCUT2D eigenvalue weighted by Crippen LogP contribution is -2.41. The molecule has 0 radical (unpaired) electrons. The lowest BCUT2D eigenvalue weighted by atomic mass is 10.1. The largest absolute Gasteiger partial charge is 0.467 e. The number of anilines is 2. The topological polar surface area (TPSA) is 115 Å². The molecular formula is C30H36FN7O4. The summed E-state index contributed by atoms with van der Waals surface area (Å²) < 4.78 is 27.1. The van der Waals surface area contributed by atoms with Gasteiger partial charge in [0.05, 0.1) is 18.2 Å². The van der Waals surface area contributed by atoms with Gasteiger partial charge in [0, 0.05) is 67.8 Å². The van der Waals surface area contributed by atoms with Gasteiger partial charge >= 0.3 is 12.1 Å². The fourth-order valence-electron chi connectivity index (χ4n) is 5.13. The molecule has 5 rings (SSSR count). The Labute approximate surface area is 243 Å². The maximum atomic E-state index is 14.7. The summed E-state index contributed by atoms with van der Waals surface area (Å²) in [5.41, 5.74) is 1.51. The molecule has 2 aromatic carbocycles. The van der Waals surface area contributed by atoms with Gasteiger partial charge in [-0.2, -0.15) is 10.1 Å². The second kappa shape index (κ2) is 11.8. The van der Waals surface area contributed by atoms with Crippen molar-refractivity contribution < 1.29 is 23.5 Å². The van der Waals surface area contributed by atoms with Crippen LogP contribution in [0, 0.1) is 5.82 Å². The predicted octanol–water partition coefficient (Wildman–Crippen LogP) is 5.14. The van der Waals surface area contributed by atoms with Crippen molar-refractivity contribution >= 4 is 45.2 Å². The molecule has 2 amide bonds. The molecule has 2 aromatic heterocycles. The number of hydrogen-bond donors (Lipinski definition) is 1. The van der Waals surface area contributed by atoms with Crippen LogP contribution < -0.4 is 15.0 Å². The van der Waals surface area contributed by atoms with Crippen LogP contribution in [0.2, 0.25) is 0 Å². The Morgan fingerprint density at radius 3 is 2.57 bits per heavy atom. The SMILES string of the molecule is COc1ncc2c(N3CCCCCN(C(=O)OC(C)(C)C)CC3)ccc(C(=O)Nc3cc(F)c4nn(C)cc4c3)c2n1. The van der Waals surface area contributed by atoms with Gasteiger partial charge in [-0.15, -0.1) is 0 Å². The smallest absolute Gasteiger partial charge is 0.410 e. The van der Waals surface area contributed by atoms with E-state index in [9.17, 15) is 14.0 Å². The summed E-state index contributed by atoms with van der Waals surface area (Å²) in [6, 6.07) is 6.62. The van der Waals surface area contributed by atoms with Gasteiger partial charge in [0.2, 0.25) is 0 Å². The number of fused-ring (bicyclic) bond motifs is 2. The number of ether oxygens (including phenoxy) is 2. The van der Waals surface area contributed by atoms with E-state index in [0.717, 1.165) is 31.5 Å². The van der Waals surface area contributed by atoms with Gasteiger partial charge in [-0.25, -0.2) is 14.2 Å². The average molecular weight is 578 g/mol. The minimum atomic E-state index is -0.576. The second-order valence-electron chi connectivity index (χ2n) is 11.4. The first-order valence-electron chi connectivity index (χ1n) is 14.0. The standard InChI is InChI=1S/C30H36FN7O4/c1-30(2,3)42-29(40)38-12-8-6-7-11-37(13-14-38)24-10-9-21(26-22(24)17-32-28(34-26)41-5)27(39)33-20-15-19-18-36(4)35-25(19)23(31)16-20/h9-10,15-18H,6-8,11-14H2,1-5H3,(H,33,39). The molecule has 0 bridgehead atoms. The Hall–Kier alpha value is -4.48. The first kappa shape index (κ1) is 29.0. The van der Waals surface area contributed by atoms with Gasteiger partial charge < -0.3 is 24.6 Å². The lowest BCUT2D eigenvalue weighted by Gasteiger charge is -2.30. The van der Waals surface area contributed by atoms with E-state index in [0.29, 0.717) is 47.2 Å². The fraction of sp³-hybridized carbons (Fsp3) is 0.433. The molecule has 0 saturated carbocycles. The predicted molar refractivity (Wildman–Crippen MR) is 159 cm³/mol. The van der Waals surface area contributed by atoms with Crippen LogP contribution in [0.1, 0.15) is 50.4 Å². The number of nitrogens with one attached hydrogen (secondary N) is 1. The number of methoxy groups -OCH3 is 1. The van der Waals surface area contributed by atoms with Gasteiger partial charge in [-0.1, -0.05) is 0 Å². The van der Waals surface area contributed by atoms with Crippen molar-refractivity contribution in [1.29, 1.82) is 0 Å². The van der Waals surface area contributed by atoms with Crippen LogP contribution in [0.25, 0.3) is 21.8 Å². The minimum absolute atomic E-state index is 0.122. The monoisotopic (exact) mass is 577 g/mol. The van der Waals surface area contributed by atoms with Crippen molar-refractivity contribution in [2.75, 3.05) is 43.5 Å². The van der Waals surface area contributed by atoms with Crippen LogP contribution in [-0.4, -0.2) is 75.5 Å². The number of nitrogens with zero attached hydrogens (tertiary/aromatic N) is 6. The highest BCUT2D eigenvalue weighted by Gasteiger charge is 2.25. The molecule has 1 aliphatic heterocycles. The Balaban J connectivity index is 1.46. The number of amides is 2. The molecule has 4 aromatic rings. The third-order valence-electron chi connectivity index (χ3n) is 7.06. The number of rotatable bonds is 4. The third-order valence-corrected chi connectivity index (χ3v) is 7.06. The number of halogens is 1. The van der Waals surface area contributed by atoms with Crippen LogP contribution in [-0.2, 0) is 11.8 Å². The summed E-state index contributed by atoms with van der Waals surface area (Å²) in [6.45, 7) is 8.03. The molecule has 0 aliphatic carbocycles. The first-order chi connectivity index (χ1) is 20.0. The van der Waals surface area contributed by atoms with E-state index >= 15 is 0 Å². The summed E-state index contributed by atoms with van der Waals surface area (Å²) in [5, 5.41) is 8.16. The zero-order chi connectivity index (χ0) is 30.0. The average Bonchev–Trinajstić information content (AvgIpc) is 3.36. The first-order valence-corrected chi connectivity index (χ1v) is 14.0. The van der Waals surface area contributed by atoms with Crippen molar-refractivity contribution in [2.24, 2.45) is 7.05 Å². The molecule has 1 aliphatic rings. The zero-order valence-electron chi connectivity index (χ0n) is 24.6. The van der Waals surface area contributed by atoms with Gasteiger partial charge in [0.25, 0.3) is 5.91 Å². The van der Waals surface area contributed by atoms with Gasteiger partial charge in [-0.3, -0.25) is 9.48 Å². The minimum Gasteiger partial charge on any atom is -0.467 e. The Bertz CT molecular complexity index is 1630. The van der Waals surface area contributed by atoms with E-state index < -0.39 is 17.3 Å². The summed E-state index contributed by atoms with van der Waals surface area (Å²) in [7, 11) is 3.17. The summed E-state index contributed by atoms with van der Waals surface area (Å²) in [4.78, 5) is 39.2. The molecule has 11 nitrogen and oxygen atoms in total. The lowest BCUT2D eigenvalue weighted by molar-refractivity contribution is 0.0254. The normalized spacial score (nSPS) is 14.8. The molecule has 1 fully saturated rings. The quantitative estimate of drug-likeness (QED) is 0.355. The maximum Gasteiger partial charge on any atom is 0.410 e. The molecule has 3 heterocycles. The fourth-order valence-corrected chi connectivity index (χ4v) is 5.13. The van der Waals surface area contributed by atoms with E-state index in [1.165, 1.54) is 17.9 Å². The van der Waals surface area contributed by atoms with Gasteiger partial charge in [0.1, 0.15) is 11.1 Å². The van der Waals surface area contributed by atoms with Gasteiger partial charge in [0.15, 0.2) is 5.82 Å². The highest BCUT2D eigenvalue weighted by molar-refractivity contribution is 6.14. The van der Waals surface area contributed by atoms with E-state index in [1.807, 2.05) is 26.8 Å². The van der Waals surface area contributed by atoms with Crippen molar-refractivity contribution in [2.45, 2.75) is 45.6 Å². The van der Waals surface area contributed by atoms with Crippen molar-refractivity contribution in [3.63, 3.8) is 0 Å². The van der Waals surface area contributed by atoms with E-state index in [4.69, 9.17) is 9.47 Å². The van der Waals surface area contributed by atoms with Crippen molar-refractivity contribution in [3.8, 4) is 6.01 Å². The maximum absolute atomic E-state index is 14.7. The molecule has 1 saturated heterocycles. The Morgan fingerprint density at radius 2 is 1.81 bits per heavy atom. The van der Waals surface area contributed by atoms with Gasteiger partial charge in [-0.05, 0) is 64.3 Å². The molecule has 42 heavy (non-hydrogen) atoms. The van der Waals surface area contributed by atoms with Crippen LogP contribution in [0.4, 0.5) is 20.6 Å². The number of hydrogen-bond acceptors (Lipinski definition) is 8.